The predicted octanol–water partition coefficient (Wildman–Crippen LogP) is 4.76. The van der Waals surface area contributed by atoms with E-state index >= 15 is 0 Å². The third kappa shape index (κ3) is 7.07. The van der Waals surface area contributed by atoms with Crippen LogP contribution in [0.2, 0.25) is 0 Å². The quantitative estimate of drug-likeness (QED) is 0.392. The Hall–Kier alpha value is -3.46. The molecule has 0 radical (unpaired) electrons. The van der Waals surface area contributed by atoms with Gasteiger partial charge in [-0.1, -0.05) is 0 Å². The molecule has 15 heteroatoms. The molecule has 0 spiro atoms. The van der Waals surface area contributed by atoms with Crippen LogP contribution >= 0.6 is 11.5 Å². The number of nitrogens with one attached hydrogen (secondary N) is 2. The van der Waals surface area contributed by atoms with Crippen LogP contribution in [0.3, 0.4) is 0 Å². The number of carbonyl (C=O) groups excluding carboxylic acids is 1. The van der Waals surface area contributed by atoms with Crippen molar-refractivity contribution < 1.29 is 31.5 Å². The van der Waals surface area contributed by atoms with Gasteiger partial charge in [0.2, 0.25) is 5.88 Å². The maximum Gasteiger partial charge on any atom is 0.434 e. The zero-order valence-corrected chi connectivity index (χ0v) is 20.2. The highest BCUT2D eigenvalue weighted by Gasteiger charge is 2.33. The first-order valence-electron chi connectivity index (χ1n) is 11.2. The van der Waals surface area contributed by atoms with Gasteiger partial charge in [-0.15, -0.1) is 0 Å². The van der Waals surface area contributed by atoms with Crippen LogP contribution in [0.5, 0.6) is 5.88 Å². The van der Waals surface area contributed by atoms with E-state index in [4.69, 9.17) is 4.74 Å². The maximum absolute atomic E-state index is 12.9. The van der Waals surface area contributed by atoms with Gasteiger partial charge in [0.15, 0.2) is 5.69 Å². The van der Waals surface area contributed by atoms with Crippen molar-refractivity contribution in [2.75, 3.05) is 30.3 Å². The lowest BCUT2D eigenvalue weighted by Crippen LogP contribution is -2.43. The van der Waals surface area contributed by atoms with Crippen LogP contribution in [0.15, 0.2) is 30.7 Å². The Balaban J connectivity index is 1.37. The van der Waals surface area contributed by atoms with Gasteiger partial charge in [-0.3, -0.25) is 9.69 Å². The summed E-state index contributed by atoms with van der Waals surface area (Å²) in [6.45, 7) is 2.30. The number of ether oxygens (including phenoxy) is 1. The average Bonchev–Trinajstić information content (AvgIpc) is 3.20. The van der Waals surface area contributed by atoms with E-state index in [2.05, 4.69) is 30.0 Å². The van der Waals surface area contributed by atoms with E-state index in [-0.39, 0.29) is 29.0 Å². The zero-order chi connectivity index (χ0) is 26.6. The van der Waals surface area contributed by atoms with Crippen molar-refractivity contribution in [1.29, 1.82) is 0 Å². The standard InChI is InChI=1S/C22H22F5N7O2S/c1-12-19(21(37-33-12)32-17-9-28-15(8-29-17)22(25,26)27)20(35)31-13-4-5-18(30-7-13)36-14-3-2-6-34(10-14)11-16(23)24/h4-5,7-9,14,16H,2-3,6,10-11H2,1H3,(H,29,32)(H,31,35). The molecule has 198 valence electrons. The van der Waals surface area contributed by atoms with E-state index in [1.54, 1.807) is 24.0 Å². The first kappa shape index (κ1) is 26.6. The van der Waals surface area contributed by atoms with Gasteiger partial charge in [-0.05, 0) is 43.9 Å². The summed E-state index contributed by atoms with van der Waals surface area (Å²) >= 11 is 0.947. The van der Waals surface area contributed by atoms with E-state index < -0.39 is 24.2 Å². The summed E-state index contributed by atoms with van der Waals surface area (Å²) in [7, 11) is 0. The summed E-state index contributed by atoms with van der Waals surface area (Å²) in [4.78, 5) is 25.8. The summed E-state index contributed by atoms with van der Waals surface area (Å²) in [5, 5.41) is 5.75. The molecule has 0 aliphatic carbocycles. The number of aryl methyl sites for hydroxylation is 1. The Morgan fingerprint density at radius 2 is 2.03 bits per heavy atom. The second-order valence-electron chi connectivity index (χ2n) is 8.25. The smallest absolute Gasteiger partial charge is 0.434 e. The van der Waals surface area contributed by atoms with E-state index in [1.807, 2.05) is 0 Å². The molecule has 1 saturated heterocycles. The number of aromatic nitrogens is 4. The summed E-state index contributed by atoms with van der Waals surface area (Å²) in [5.74, 6) is -0.193. The first-order valence-corrected chi connectivity index (χ1v) is 11.9. The van der Waals surface area contributed by atoms with Gasteiger partial charge >= 0.3 is 6.18 Å². The van der Waals surface area contributed by atoms with Crippen molar-refractivity contribution in [3.8, 4) is 5.88 Å². The minimum Gasteiger partial charge on any atom is -0.473 e. The van der Waals surface area contributed by atoms with Crippen LogP contribution in [0.1, 0.15) is 34.6 Å². The van der Waals surface area contributed by atoms with E-state index in [0.29, 0.717) is 36.5 Å². The summed E-state index contributed by atoms with van der Waals surface area (Å²) in [5.41, 5.74) is -0.173. The molecule has 1 aliphatic heterocycles. The van der Waals surface area contributed by atoms with E-state index in [9.17, 15) is 26.7 Å². The molecule has 2 N–H and O–H groups in total. The number of likely N-dealkylation sites (tertiary alicyclic amines) is 1. The number of rotatable bonds is 8. The number of hydrogen-bond donors (Lipinski definition) is 2. The summed E-state index contributed by atoms with van der Waals surface area (Å²) < 4.78 is 73.4. The number of carbonyl (C=O) groups is 1. The number of piperidine rings is 1. The molecular formula is C22H22F5N7O2S. The van der Waals surface area contributed by atoms with Crippen molar-refractivity contribution in [3.63, 3.8) is 0 Å². The number of pyridine rings is 1. The van der Waals surface area contributed by atoms with Gasteiger partial charge < -0.3 is 15.4 Å². The second-order valence-corrected chi connectivity index (χ2v) is 9.03. The van der Waals surface area contributed by atoms with Gasteiger partial charge in [0, 0.05) is 12.6 Å². The van der Waals surface area contributed by atoms with Crippen LogP contribution in [0.4, 0.5) is 38.5 Å². The highest BCUT2D eigenvalue weighted by Crippen LogP contribution is 2.30. The molecule has 3 aromatic heterocycles. The predicted molar refractivity (Wildman–Crippen MR) is 125 cm³/mol. The number of nitrogens with zero attached hydrogens (tertiary/aromatic N) is 5. The second kappa shape index (κ2) is 11.3. The van der Waals surface area contributed by atoms with E-state index in [0.717, 1.165) is 30.6 Å². The normalized spacial score (nSPS) is 16.6. The van der Waals surface area contributed by atoms with Crippen LogP contribution in [0.25, 0.3) is 0 Å². The fourth-order valence-corrected chi connectivity index (χ4v) is 4.54. The molecule has 1 aliphatic rings. The fourth-order valence-electron chi connectivity index (χ4n) is 3.74. The molecule has 4 rings (SSSR count). The summed E-state index contributed by atoms with van der Waals surface area (Å²) in [6, 6.07) is 3.15. The minimum absolute atomic E-state index is 0.0173. The molecule has 1 atom stereocenters. The lowest BCUT2D eigenvalue weighted by Gasteiger charge is -2.32. The molecule has 0 bridgehead atoms. The van der Waals surface area contributed by atoms with Gasteiger partial charge in [0.25, 0.3) is 12.3 Å². The van der Waals surface area contributed by atoms with E-state index in [1.165, 1.54) is 6.20 Å². The van der Waals surface area contributed by atoms with Crippen LogP contribution in [-0.2, 0) is 6.18 Å². The highest BCUT2D eigenvalue weighted by molar-refractivity contribution is 7.10. The number of amides is 1. The van der Waals surface area contributed by atoms with Crippen molar-refractivity contribution in [1.82, 2.24) is 24.2 Å². The number of anilines is 3. The molecule has 0 saturated carbocycles. The Morgan fingerprint density at radius 3 is 2.68 bits per heavy atom. The van der Waals surface area contributed by atoms with Crippen molar-refractivity contribution in [2.24, 2.45) is 0 Å². The monoisotopic (exact) mass is 543 g/mol. The van der Waals surface area contributed by atoms with Crippen LogP contribution < -0.4 is 15.4 Å². The Morgan fingerprint density at radius 1 is 1.22 bits per heavy atom. The molecular weight excluding hydrogens is 521 g/mol. The van der Waals surface area contributed by atoms with Gasteiger partial charge in [-0.2, -0.15) is 17.5 Å². The largest absolute Gasteiger partial charge is 0.473 e. The molecule has 9 nitrogen and oxygen atoms in total. The number of alkyl halides is 5. The van der Waals surface area contributed by atoms with Crippen molar-refractivity contribution >= 4 is 33.9 Å². The van der Waals surface area contributed by atoms with Gasteiger partial charge in [0.1, 0.15) is 16.9 Å². The molecule has 0 aromatic carbocycles. The molecule has 37 heavy (non-hydrogen) atoms. The molecule has 1 amide bonds. The minimum atomic E-state index is -4.61. The molecule has 1 unspecified atom stereocenters. The SMILES string of the molecule is Cc1nsc(Nc2cnc(C(F)(F)F)cn2)c1C(=O)Nc1ccc(OC2CCCN(CC(F)F)C2)nc1. The first-order chi connectivity index (χ1) is 17.6. The van der Waals surface area contributed by atoms with Crippen molar-refractivity contribution in [2.45, 2.75) is 38.5 Å². The van der Waals surface area contributed by atoms with Crippen LogP contribution in [0, 0.1) is 6.92 Å². The Kier molecular flexibility index (Phi) is 8.12. The molecule has 4 heterocycles. The maximum atomic E-state index is 12.9. The average molecular weight is 544 g/mol. The molecule has 1 fully saturated rings. The zero-order valence-electron chi connectivity index (χ0n) is 19.4. The highest BCUT2D eigenvalue weighted by atomic mass is 32.1. The Bertz CT molecular complexity index is 1210. The third-order valence-corrected chi connectivity index (χ3v) is 6.27. The summed E-state index contributed by atoms with van der Waals surface area (Å²) in [6.07, 6.45) is -2.90. The van der Waals surface area contributed by atoms with Gasteiger partial charge in [-0.25, -0.2) is 23.7 Å². The number of halogens is 5. The topological polar surface area (TPSA) is 105 Å². The van der Waals surface area contributed by atoms with Crippen molar-refractivity contribution in [3.05, 3.63) is 47.7 Å². The fraction of sp³-hybridized carbons (Fsp3) is 0.409. The van der Waals surface area contributed by atoms with Crippen LogP contribution in [-0.4, -0.2) is 62.3 Å². The lowest BCUT2D eigenvalue weighted by atomic mass is 10.1. The lowest BCUT2D eigenvalue weighted by molar-refractivity contribution is -0.141. The third-order valence-electron chi connectivity index (χ3n) is 5.41. The van der Waals surface area contributed by atoms with Gasteiger partial charge in [0.05, 0.1) is 42.1 Å². The molecule has 3 aromatic rings. The number of hydrogen-bond acceptors (Lipinski definition) is 9. The Labute approximate surface area is 212 Å².